The van der Waals surface area contributed by atoms with Crippen LogP contribution in [-0.4, -0.2) is 27.3 Å². The number of hydrogen-bond acceptors (Lipinski definition) is 5. The molecule has 2 rings (SSSR count). The second-order valence-corrected chi connectivity index (χ2v) is 5.19. The number of rotatable bonds is 5. The Morgan fingerprint density at radius 2 is 2.00 bits per heavy atom. The molecule has 3 N–H and O–H groups in total. The first kappa shape index (κ1) is 14.6. The van der Waals surface area contributed by atoms with Crippen LogP contribution >= 0.6 is 0 Å². The molecule has 0 fully saturated rings. The zero-order valence-corrected chi connectivity index (χ0v) is 12.8. The zero-order valence-electron chi connectivity index (χ0n) is 12.8. The second kappa shape index (κ2) is 5.66. The summed E-state index contributed by atoms with van der Waals surface area (Å²) in [6.45, 7) is 11.2. The Morgan fingerprint density at radius 3 is 2.60 bits per heavy atom. The fourth-order valence-corrected chi connectivity index (χ4v) is 2.17. The van der Waals surface area contributed by atoms with Gasteiger partial charge in [-0.25, -0.2) is 14.6 Å². The lowest BCUT2D eigenvalue weighted by atomic mass is 10.2. The molecule has 0 atom stereocenters. The number of nitrogen functional groups attached to an aromatic ring is 1. The van der Waals surface area contributed by atoms with Crippen LogP contribution in [0, 0.1) is 13.8 Å². The van der Waals surface area contributed by atoms with Gasteiger partial charge in [-0.05, 0) is 40.2 Å². The molecule has 0 saturated carbocycles. The van der Waals surface area contributed by atoms with Gasteiger partial charge in [0.25, 0.3) is 0 Å². The van der Waals surface area contributed by atoms with E-state index in [4.69, 9.17) is 10.5 Å². The van der Waals surface area contributed by atoms with Crippen molar-refractivity contribution in [2.24, 2.45) is 0 Å². The topological polar surface area (TPSA) is 78.0 Å². The summed E-state index contributed by atoms with van der Waals surface area (Å²) in [4.78, 5) is 8.94. The third-order valence-electron chi connectivity index (χ3n) is 3.20. The van der Waals surface area contributed by atoms with Gasteiger partial charge >= 0.3 is 0 Å². The van der Waals surface area contributed by atoms with Gasteiger partial charge < -0.3 is 15.9 Å². The maximum atomic E-state index is 6.01. The van der Waals surface area contributed by atoms with E-state index in [9.17, 15) is 0 Å². The monoisotopic (exact) mass is 277 g/mol. The predicted molar refractivity (Wildman–Crippen MR) is 81.2 cm³/mol. The maximum absolute atomic E-state index is 6.01. The summed E-state index contributed by atoms with van der Waals surface area (Å²) in [7, 11) is 0. The molecular formula is C14H23N5O. The van der Waals surface area contributed by atoms with E-state index in [-0.39, 0.29) is 6.04 Å². The molecule has 0 radical (unpaired) electrons. The highest BCUT2D eigenvalue weighted by Gasteiger charge is 2.18. The molecule has 6 nitrogen and oxygen atoms in total. The Morgan fingerprint density at radius 1 is 1.30 bits per heavy atom. The zero-order chi connectivity index (χ0) is 14.9. The fraction of sp³-hybridized carbons (Fsp3) is 0.571. The molecule has 0 spiro atoms. The van der Waals surface area contributed by atoms with Gasteiger partial charge in [-0.1, -0.05) is 0 Å². The van der Waals surface area contributed by atoms with Crippen molar-refractivity contribution in [1.82, 2.24) is 14.6 Å². The predicted octanol–water partition coefficient (Wildman–Crippen LogP) is 2.12. The van der Waals surface area contributed by atoms with E-state index >= 15 is 0 Å². The lowest BCUT2D eigenvalue weighted by Crippen LogP contribution is -2.25. The van der Waals surface area contributed by atoms with Crippen molar-refractivity contribution in [3.8, 4) is 0 Å². The van der Waals surface area contributed by atoms with Gasteiger partial charge in [0.15, 0.2) is 11.6 Å². The van der Waals surface area contributed by atoms with Gasteiger partial charge in [0.2, 0.25) is 0 Å². The molecule has 0 bridgehead atoms. The molecule has 0 aliphatic rings. The molecule has 110 valence electrons. The number of ether oxygens (including phenoxy) is 1. The van der Waals surface area contributed by atoms with Crippen LogP contribution in [0.3, 0.4) is 0 Å². The van der Waals surface area contributed by atoms with Gasteiger partial charge in [-0.2, -0.15) is 0 Å². The van der Waals surface area contributed by atoms with Crippen molar-refractivity contribution >= 4 is 16.9 Å². The van der Waals surface area contributed by atoms with Gasteiger partial charge in [0.1, 0.15) is 12.1 Å². The lowest BCUT2D eigenvalue weighted by molar-refractivity contribution is 0.126. The van der Waals surface area contributed by atoms with Crippen LogP contribution in [0.4, 0.5) is 5.82 Å². The normalized spacial score (nSPS) is 11.5. The molecule has 2 aromatic heterocycles. The number of nitrogens with zero attached hydrogens (tertiary/aromatic N) is 3. The summed E-state index contributed by atoms with van der Waals surface area (Å²) in [5.74, 6) is 1.28. The van der Waals surface area contributed by atoms with Crippen LogP contribution in [0.2, 0.25) is 0 Å². The van der Waals surface area contributed by atoms with E-state index in [1.54, 1.807) is 0 Å². The minimum Gasteiger partial charge on any atom is -0.382 e. The van der Waals surface area contributed by atoms with Gasteiger partial charge in [-0.15, -0.1) is 0 Å². The maximum Gasteiger partial charge on any atom is 0.154 e. The van der Waals surface area contributed by atoms with E-state index < -0.39 is 0 Å². The number of anilines is 1. The van der Waals surface area contributed by atoms with E-state index in [1.165, 1.54) is 0 Å². The van der Waals surface area contributed by atoms with Gasteiger partial charge in [0, 0.05) is 18.3 Å². The minimum atomic E-state index is 0.280. The molecule has 0 amide bonds. The van der Waals surface area contributed by atoms with Crippen molar-refractivity contribution in [3.05, 3.63) is 17.1 Å². The van der Waals surface area contributed by atoms with Crippen molar-refractivity contribution in [2.75, 3.05) is 17.8 Å². The average Bonchev–Trinajstić information content (AvgIpc) is 2.72. The van der Waals surface area contributed by atoms with Gasteiger partial charge in [-0.3, -0.25) is 0 Å². The summed E-state index contributed by atoms with van der Waals surface area (Å²) in [5.41, 5.74) is 13.1. The first-order valence-electron chi connectivity index (χ1n) is 6.94. The number of hydrogen-bond donors (Lipinski definition) is 2. The molecule has 0 aliphatic heterocycles. The smallest absolute Gasteiger partial charge is 0.154 e. The number of imidazole rings is 1. The highest BCUT2D eigenvalue weighted by molar-refractivity contribution is 5.88. The largest absolute Gasteiger partial charge is 0.382 e. The van der Waals surface area contributed by atoms with Gasteiger partial charge in [0.05, 0.1) is 5.52 Å². The first-order valence-corrected chi connectivity index (χ1v) is 6.94. The van der Waals surface area contributed by atoms with Crippen LogP contribution < -0.4 is 11.2 Å². The molecule has 0 aromatic carbocycles. The molecule has 2 heterocycles. The summed E-state index contributed by atoms with van der Waals surface area (Å²) in [5, 5.41) is 0. The summed E-state index contributed by atoms with van der Waals surface area (Å²) >= 11 is 0. The average molecular weight is 277 g/mol. The Labute approximate surface area is 119 Å². The van der Waals surface area contributed by atoms with E-state index in [2.05, 4.69) is 29.2 Å². The van der Waals surface area contributed by atoms with E-state index in [0.717, 1.165) is 28.1 Å². The highest BCUT2D eigenvalue weighted by Crippen LogP contribution is 2.25. The Bertz CT molecular complexity index is 618. The van der Waals surface area contributed by atoms with Crippen LogP contribution in [0.25, 0.3) is 11.0 Å². The molecule has 2 aromatic rings. The third kappa shape index (κ3) is 2.56. The van der Waals surface area contributed by atoms with E-state index in [1.807, 2.05) is 25.4 Å². The van der Waals surface area contributed by atoms with Crippen molar-refractivity contribution < 1.29 is 4.74 Å². The molecule has 0 unspecified atom stereocenters. The first-order chi connectivity index (χ1) is 9.45. The molecule has 0 saturated heterocycles. The van der Waals surface area contributed by atoms with Crippen molar-refractivity contribution in [3.63, 3.8) is 0 Å². The van der Waals surface area contributed by atoms with Crippen molar-refractivity contribution in [1.29, 1.82) is 0 Å². The molecule has 6 heteroatoms. The van der Waals surface area contributed by atoms with Crippen LogP contribution in [-0.2, 0) is 11.3 Å². The third-order valence-corrected chi connectivity index (χ3v) is 3.20. The Balaban J connectivity index is 2.66. The fourth-order valence-electron chi connectivity index (χ4n) is 2.17. The number of aromatic nitrogens is 3. The van der Waals surface area contributed by atoms with Crippen molar-refractivity contribution in [2.45, 2.75) is 47.3 Å². The number of aryl methyl sites for hydroxylation is 2. The number of fused-ring (bicyclic) bond motifs is 1. The highest BCUT2D eigenvalue weighted by atomic mass is 16.5. The van der Waals surface area contributed by atoms with Crippen LogP contribution in [0.15, 0.2) is 0 Å². The molecule has 0 aliphatic carbocycles. The standard InChI is InChI=1S/C14H23N5O/c1-6-20-7-11-17-12-13(19(11)18-8(2)3)9(4)10(5)16-14(12)15/h8,18H,6-7H2,1-5H3,(H2,15,16). The summed E-state index contributed by atoms with van der Waals surface area (Å²) in [6, 6.07) is 0.280. The SMILES string of the molecule is CCOCc1nc2c(N)nc(C)c(C)c2n1NC(C)C. The van der Waals surface area contributed by atoms with Crippen LogP contribution in [0.1, 0.15) is 37.9 Å². The minimum absolute atomic E-state index is 0.280. The molecular weight excluding hydrogens is 254 g/mol. The Hall–Kier alpha value is -1.82. The number of pyridine rings is 1. The summed E-state index contributed by atoms with van der Waals surface area (Å²) in [6.07, 6.45) is 0. The lowest BCUT2D eigenvalue weighted by Gasteiger charge is -2.16. The number of nitrogens with two attached hydrogens (primary N) is 1. The van der Waals surface area contributed by atoms with Crippen LogP contribution in [0.5, 0.6) is 0 Å². The number of nitrogens with one attached hydrogen (secondary N) is 1. The summed E-state index contributed by atoms with van der Waals surface area (Å²) < 4.78 is 7.48. The second-order valence-electron chi connectivity index (χ2n) is 5.19. The quantitative estimate of drug-likeness (QED) is 0.875. The Kier molecular flexibility index (Phi) is 4.13. The molecule has 20 heavy (non-hydrogen) atoms. The van der Waals surface area contributed by atoms with E-state index in [0.29, 0.717) is 19.0 Å².